The zero-order chi connectivity index (χ0) is 14.1. The van der Waals surface area contributed by atoms with Gasteiger partial charge in [-0.1, -0.05) is 35.5 Å². The number of hydrogen-bond acceptors (Lipinski definition) is 4. The Balaban J connectivity index is 2.14. The molecule has 4 nitrogen and oxygen atoms in total. The standard InChI is InChI=1S/C16H13NO3/c1-10-8-13(9-11(2)19-10)14-15(17-20-16(14)18)12-6-4-3-5-7-12/h3-9H,1-2H3. The first-order valence-corrected chi connectivity index (χ1v) is 6.29. The first-order valence-electron chi connectivity index (χ1n) is 6.29. The van der Waals surface area contributed by atoms with Gasteiger partial charge in [-0.15, -0.1) is 0 Å². The van der Waals surface area contributed by atoms with Crippen LogP contribution in [0.2, 0.25) is 0 Å². The highest BCUT2D eigenvalue weighted by Gasteiger charge is 2.30. The van der Waals surface area contributed by atoms with Crippen molar-refractivity contribution in [3.8, 4) is 0 Å². The van der Waals surface area contributed by atoms with E-state index in [9.17, 15) is 4.79 Å². The SMILES string of the molecule is CC1=CC(=C2C(=O)ON=C2c2ccccc2)C=C(C)O1. The number of carbonyl (C=O) groups excluding carboxylic acids is 1. The molecule has 0 radical (unpaired) electrons. The van der Waals surface area contributed by atoms with Crippen LogP contribution in [0.1, 0.15) is 19.4 Å². The van der Waals surface area contributed by atoms with Crippen LogP contribution in [-0.2, 0) is 14.4 Å². The lowest BCUT2D eigenvalue weighted by Crippen LogP contribution is -2.11. The highest BCUT2D eigenvalue weighted by molar-refractivity contribution is 6.29. The third-order valence-electron chi connectivity index (χ3n) is 3.04. The second-order valence-electron chi connectivity index (χ2n) is 4.63. The van der Waals surface area contributed by atoms with Gasteiger partial charge >= 0.3 is 5.97 Å². The number of benzene rings is 1. The number of rotatable bonds is 1. The third kappa shape index (κ3) is 2.16. The second kappa shape index (κ2) is 4.81. The normalized spacial score (nSPS) is 18.1. The van der Waals surface area contributed by atoms with Crippen molar-refractivity contribution < 1.29 is 14.4 Å². The molecule has 0 amide bonds. The Morgan fingerprint density at radius 3 is 2.30 bits per heavy atom. The van der Waals surface area contributed by atoms with Crippen molar-refractivity contribution in [1.82, 2.24) is 0 Å². The number of ether oxygens (including phenoxy) is 1. The molecular formula is C16H13NO3. The maximum atomic E-state index is 12.0. The van der Waals surface area contributed by atoms with Crippen LogP contribution in [0.15, 0.2) is 70.3 Å². The Bertz CT molecular complexity index is 674. The molecule has 4 heteroatoms. The quantitative estimate of drug-likeness (QED) is 0.580. The van der Waals surface area contributed by atoms with Crippen molar-refractivity contribution in [2.75, 3.05) is 0 Å². The Kier molecular flexibility index (Phi) is 2.99. The average Bonchev–Trinajstić information content (AvgIpc) is 2.80. The van der Waals surface area contributed by atoms with Crippen molar-refractivity contribution in [3.05, 3.63) is 70.7 Å². The van der Waals surface area contributed by atoms with E-state index >= 15 is 0 Å². The summed E-state index contributed by atoms with van der Waals surface area (Å²) in [4.78, 5) is 16.8. The fraction of sp³-hybridized carbons (Fsp3) is 0.125. The number of carbonyl (C=O) groups is 1. The Morgan fingerprint density at radius 2 is 1.65 bits per heavy atom. The first-order chi connectivity index (χ1) is 9.65. The van der Waals surface area contributed by atoms with Crippen molar-refractivity contribution in [2.24, 2.45) is 5.16 Å². The summed E-state index contributed by atoms with van der Waals surface area (Å²) in [7, 11) is 0. The summed E-state index contributed by atoms with van der Waals surface area (Å²) in [6.07, 6.45) is 3.63. The summed E-state index contributed by atoms with van der Waals surface area (Å²) in [6, 6.07) is 9.50. The third-order valence-corrected chi connectivity index (χ3v) is 3.04. The maximum Gasteiger partial charge on any atom is 0.368 e. The first kappa shape index (κ1) is 12.4. The van der Waals surface area contributed by atoms with E-state index in [4.69, 9.17) is 9.57 Å². The van der Waals surface area contributed by atoms with Gasteiger partial charge in [0, 0.05) is 5.56 Å². The van der Waals surface area contributed by atoms with E-state index in [1.165, 1.54) is 0 Å². The number of hydrogen-bond donors (Lipinski definition) is 0. The van der Waals surface area contributed by atoms with E-state index in [-0.39, 0.29) is 0 Å². The Morgan fingerprint density at radius 1 is 1.00 bits per heavy atom. The Labute approximate surface area is 116 Å². The summed E-state index contributed by atoms with van der Waals surface area (Å²) >= 11 is 0. The predicted molar refractivity (Wildman–Crippen MR) is 74.7 cm³/mol. The molecule has 0 unspecified atom stereocenters. The topological polar surface area (TPSA) is 47.9 Å². The summed E-state index contributed by atoms with van der Waals surface area (Å²) in [5.41, 5.74) is 2.64. The smallest absolute Gasteiger partial charge is 0.368 e. The van der Waals surface area contributed by atoms with E-state index in [1.807, 2.05) is 56.3 Å². The van der Waals surface area contributed by atoms with Gasteiger partial charge in [0.05, 0.1) is 5.57 Å². The average molecular weight is 267 g/mol. The second-order valence-corrected chi connectivity index (χ2v) is 4.63. The number of oxime groups is 1. The highest BCUT2D eigenvalue weighted by Crippen LogP contribution is 2.27. The molecule has 20 heavy (non-hydrogen) atoms. The van der Waals surface area contributed by atoms with Crippen LogP contribution in [0.4, 0.5) is 0 Å². The zero-order valence-electron chi connectivity index (χ0n) is 11.2. The van der Waals surface area contributed by atoms with Gasteiger partial charge in [0.25, 0.3) is 0 Å². The molecule has 0 aromatic heterocycles. The fourth-order valence-electron chi connectivity index (χ4n) is 2.26. The lowest BCUT2D eigenvalue weighted by molar-refractivity contribution is -0.136. The van der Waals surface area contributed by atoms with Crippen LogP contribution in [0.5, 0.6) is 0 Å². The van der Waals surface area contributed by atoms with Gasteiger partial charge in [-0.3, -0.25) is 0 Å². The molecule has 0 saturated heterocycles. The molecular weight excluding hydrogens is 254 g/mol. The molecule has 0 fully saturated rings. The molecule has 0 atom stereocenters. The molecule has 100 valence electrons. The monoisotopic (exact) mass is 267 g/mol. The number of nitrogens with zero attached hydrogens (tertiary/aromatic N) is 1. The summed E-state index contributed by atoms with van der Waals surface area (Å²) in [5, 5.41) is 3.90. The van der Waals surface area contributed by atoms with Gasteiger partial charge in [-0.05, 0) is 31.6 Å². The van der Waals surface area contributed by atoms with Gasteiger partial charge in [-0.25, -0.2) is 4.79 Å². The van der Waals surface area contributed by atoms with E-state index < -0.39 is 5.97 Å². The van der Waals surface area contributed by atoms with Gasteiger partial charge in [0.2, 0.25) is 0 Å². The molecule has 3 rings (SSSR count). The van der Waals surface area contributed by atoms with Crippen LogP contribution >= 0.6 is 0 Å². The summed E-state index contributed by atoms with van der Waals surface area (Å²) in [6.45, 7) is 3.69. The summed E-state index contributed by atoms with van der Waals surface area (Å²) in [5.74, 6) is 1.04. The van der Waals surface area contributed by atoms with Crippen LogP contribution in [-0.4, -0.2) is 11.7 Å². The van der Waals surface area contributed by atoms with Crippen molar-refractivity contribution >= 4 is 11.7 Å². The zero-order valence-corrected chi connectivity index (χ0v) is 11.2. The summed E-state index contributed by atoms with van der Waals surface area (Å²) < 4.78 is 5.45. The molecule has 0 bridgehead atoms. The van der Waals surface area contributed by atoms with Crippen LogP contribution < -0.4 is 0 Å². The fourth-order valence-corrected chi connectivity index (χ4v) is 2.26. The van der Waals surface area contributed by atoms with E-state index in [0.29, 0.717) is 11.3 Å². The highest BCUT2D eigenvalue weighted by atomic mass is 16.7. The van der Waals surface area contributed by atoms with Gasteiger partial charge in [0.1, 0.15) is 17.2 Å². The predicted octanol–water partition coefficient (Wildman–Crippen LogP) is 3.08. The number of allylic oxidation sites excluding steroid dienone is 5. The largest absolute Gasteiger partial charge is 0.467 e. The molecule has 0 N–H and O–H groups in total. The van der Waals surface area contributed by atoms with Crippen LogP contribution in [0.25, 0.3) is 0 Å². The Hall–Kier alpha value is -2.62. The molecule has 1 aromatic rings. The van der Waals surface area contributed by atoms with Crippen molar-refractivity contribution in [2.45, 2.75) is 13.8 Å². The molecule has 2 aliphatic heterocycles. The minimum absolute atomic E-state index is 0.436. The van der Waals surface area contributed by atoms with E-state index in [2.05, 4.69) is 5.16 Å². The lowest BCUT2D eigenvalue weighted by atomic mass is 9.96. The minimum atomic E-state index is -0.436. The molecule has 0 aliphatic carbocycles. The molecule has 1 aromatic carbocycles. The molecule has 0 saturated carbocycles. The van der Waals surface area contributed by atoms with E-state index in [1.54, 1.807) is 0 Å². The van der Waals surface area contributed by atoms with Crippen molar-refractivity contribution in [3.63, 3.8) is 0 Å². The van der Waals surface area contributed by atoms with Crippen molar-refractivity contribution in [1.29, 1.82) is 0 Å². The van der Waals surface area contributed by atoms with Gasteiger partial charge < -0.3 is 9.57 Å². The molecule has 2 aliphatic rings. The van der Waals surface area contributed by atoms with Gasteiger partial charge in [-0.2, -0.15) is 0 Å². The maximum absolute atomic E-state index is 12.0. The lowest BCUT2D eigenvalue weighted by Gasteiger charge is -2.13. The van der Waals surface area contributed by atoms with Crippen LogP contribution in [0, 0.1) is 0 Å². The minimum Gasteiger partial charge on any atom is -0.467 e. The van der Waals surface area contributed by atoms with Crippen LogP contribution in [0.3, 0.4) is 0 Å². The molecule has 2 heterocycles. The molecule has 0 spiro atoms. The van der Waals surface area contributed by atoms with E-state index in [0.717, 1.165) is 22.7 Å². The van der Waals surface area contributed by atoms with Gasteiger partial charge in [0.15, 0.2) is 0 Å².